The Kier molecular flexibility index (Phi) is 5.73. The molecule has 0 aliphatic carbocycles. The zero-order chi connectivity index (χ0) is 18.4. The summed E-state index contributed by atoms with van der Waals surface area (Å²) < 4.78 is 0. The fourth-order valence-electron chi connectivity index (χ4n) is 3.07. The van der Waals surface area contributed by atoms with Crippen molar-refractivity contribution in [2.45, 2.75) is 26.1 Å². The van der Waals surface area contributed by atoms with Gasteiger partial charge < -0.3 is 0 Å². The Labute approximate surface area is 158 Å². The number of hydrogen-bond acceptors (Lipinski definition) is 0. The summed E-state index contributed by atoms with van der Waals surface area (Å²) in [4.78, 5) is 0. The molecule has 0 heterocycles. The van der Waals surface area contributed by atoms with Crippen molar-refractivity contribution < 1.29 is 0 Å². The summed E-state index contributed by atoms with van der Waals surface area (Å²) in [6.07, 6.45) is 3.11. The summed E-state index contributed by atoms with van der Waals surface area (Å²) in [6, 6.07) is 30.1. The number of allylic oxidation sites excluding steroid dienone is 1. The van der Waals surface area contributed by atoms with Crippen LogP contribution in [0.1, 0.15) is 11.1 Å². The van der Waals surface area contributed by atoms with Gasteiger partial charge in [-0.15, -0.1) is 5.73 Å². The van der Waals surface area contributed by atoms with E-state index >= 15 is 0 Å². The summed E-state index contributed by atoms with van der Waals surface area (Å²) in [5.74, 6) is 0. The van der Waals surface area contributed by atoms with Crippen molar-refractivity contribution in [3.63, 3.8) is 0 Å². The van der Waals surface area contributed by atoms with E-state index in [-0.39, 0.29) is 0 Å². The van der Waals surface area contributed by atoms with Gasteiger partial charge in [0.05, 0.1) is 8.07 Å². The van der Waals surface area contributed by atoms with Crippen molar-refractivity contribution in [3.8, 4) is 11.1 Å². The van der Waals surface area contributed by atoms with Gasteiger partial charge >= 0.3 is 0 Å². The highest BCUT2D eigenvalue weighted by Gasteiger charge is 2.20. The molecule has 3 aromatic carbocycles. The quantitative estimate of drug-likeness (QED) is 0.341. The van der Waals surface area contributed by atoms with Crippen LogP contribution in [0.2, 0.25) is 19.6 Å². The largest absolute Gasteiger partial charge is 0.125 e. The molecular weight excluding hydrogens is 328 g/mol. The first-order chi connectivity index (χ1) is 12.5. The summed E-state index contributed by atoms with van der Waals surface area (Å²) >= 11 is 0. The molecule has 3 aromatic rings. The van der Waals surface area contributed by atoms with Crippen LogP contribution in [0.3, 0.4) is 0 Å². The van der Waals surface area contributed by atoms with Gasteiger partial charge in [0, 0.05) is 0 Å². The number of benzene rings is 3. The lowest BCUT2D eigenvalue weighted by Crippen LogP contribution is -2.22. The predicted octanol–water partition coefficient (Wildman–Crippen LogP) is 7.01. The molecule has 0 atom stereocenters. The molecule has 1 heteroatoms. The average molecular weight is 355 g/mol. The normalized spacial score (nSPS) is 10.9. The van der Waals surface area contributed by atoms with Crippen LogP contribution in [0.15, 0.2) is 96.7 Å². The molecule has 0 aromatic heterocycles. The van der Waals surface area contributed by atoms with Crippen LogP contribution in [0.4, 0.5) is 0 Å². The second-order valence-corrected chi connectivity index (χ2v) is 12.6. The Morgan fingerprint density at radius 1 is 0.731 bits per heavy atom. The lowest BCUT2D eigenvalue weighted by atomic mass is 10.0. The van der Waals surface area contributed by atoms with E-state index in [0.29, 0.717) is 0 Å². The van der Waals surface area contributed by atoms with Gasteiger partial charge in [-0.2, -0.15) is 0 Å². The molecule has 0 saturated heterocycles. The van der Waals surface area contributed by atoms with Crippen molar-refractivity contribution in [1.29, 1.82) is 0 Å². The third-order valence-electron chi connectivity index (χ3n) is 4.46. The summed E-state index contributed by atoms with van der Waals surface area (Å²) in [5, 5.41) is 1.39. The maximum Gasteiger partial charge on any atom is 0.0883 e. The Bertz CT molecular complexity index is 892. The highest BCUT2D eigenvalue weighted by molar-refractivity contribution is 6.93. The predicted molar refractivity (Wildman–Crippen MR) is 117 cm³/mol. The molecule has 0 spiro atoms. The molecular formula is C25H26Si. The minimum absolute atomic E-state index is 0.913. The van der Waals surface area contributed by atoms with Gasteiger partial charge in [0.15, 0.2) is 0 Å². The van der Waals surface area contributed by atoms with Crippen molar-refractivity contribution in [2.24, 2.45) is 0 Å². The first kappa shape index (κ1) is 18.2. The molecule has 0 radical (unpaired) electrons. The van der Waals surface area contributed by atoms with Gasteiger partial charge in [-0.1, -0.05) is 105 Å². The van der Waals surface area contributed by atoms with Gasteiger partial charge in [0.25, 0.3) is 0 Å². The van der Waals surface area contributed by atoms with E-state index in [4.69, 9.17) is 0 Å². The molecule has 0 fully saturated rings. The second kappa shape index (κ2) is 8.18. The molecule has 0 bridgehead atoms. The first-order valence-electron chi connectivity index (χ1n) is 9.19. The number of rotatable bonds is 5. The van der Waals surface area contributed by atoms with Gasteiger partial charge in [0.2, 0.25) is 0 Å². The fourth-order valence-corrected chi connectivity index (χ4v) is 4.64. The van der Waals surface area contributed by atoms with Gasteiger partial charge in [-0.3, -0.25) is 0 Å². The zero-order valence-electron chi connectivity index (χ0n) is 15.9. The van der Waals surface area contributed by atoms with Crippen molar-refractivity contribution in [3.05, 3.63) is 108 Å². The van der Waals surface area contributed by atoms with Crippen molar-refractivity contribution in [2.75, 3.05) is 0 Å². The number of hydrogen-bond donors (Lipinski definition) is 0. The van der Waals surface area contributed by atoms with Crippen LogP contribution in [0.25, 0.3) is 16.3 Å². The minimum Gasteiger partial charge on any atom is -0.125 e. The van der Waals surface area contributed by atoms with Crippen molar-refractivity contribution >= 4 is 13.3 Å². The topological polar surface area (TPSA) is 0 Å². The third kappa shape index (κ3) is 4.73. The Hall–Kier alpha value is -2.60. The van der Waals surface area contributed by atoms with E-state index in [9.17, 15) is 0 Å². The van der Waals surface area contributed by atoms with Crippen LogP contribution in [0, 0.1) is 0 Å². The molecule has 26 heavy (non-hydrogen) atoms. The van der Waals surface area contributed by atoms with Crippen molar-refractivity contribution in [1.82, 2.24) is 0 Å². The van der Waals surface area contributed by atoms with E-state index in [1.54, 1.807) is 0 Å². The van der Waals surface area contributed by atoms with Crippen LogP contribution in [-0.2, 0) is 6.42 Å². The van der Waals surface area contributed by atoms with Crippen LogP contribution < -0.4 is 0 Å². The summed E-state index contributed by atoms with van der Waals surface area (Å²) in [7, 11) is -1.44. The van der Waals surface area contributed by atoms with E-state index in [1.807, 2.05) is 0 Å². The highest BCUT2D eigenvalue weighted by Crippen LogP contribution is 2.25. The fraction of sp³-hybridized carbons (Fsp3) is 0.160. The van der Waals surface area contributed by atoms with Gasteiger partial charge in [0.1, 0.15) is 0 Å². The molecule has 3 rings (SSSR count). The zero-order valence-corrected chi connectivity index (χ0v) is 16.9. The van der Waals surface area contributed by atoms with E-state index in [1.165, 1.54) is 27.5 Å². The Balaban J connectivity index is 1.81. The maximum absolute atomic E-state index is 3.62. The summed E-state index contributed by atoms with van der Waals surface area (Å²) in [6.45, 7) is 7.14. The average Bonchev–Trinajstić information content (AvgIpc) is 2.66. The van der Waals surface area contributed by atoms with Gasteiger partial charge in [-0.05, 0) is 39.9 Å². The van der Waals surface area contributed by atoms with E-state index < -0.39 is 8.07 Å². The molecule has 130 valence electrons. The molecule has 0 nitrogen and oxygen atoms in total. The lowest BCUT2D eigenvalue weighted by Gasteiger charge is -2.19. The minimum atomic E-state index is -1.44. The molecule has 0 saturated carbocycles. The monoisotopic (exact) mass is 354 g/mol. The molecule has 0 unspecified atom stereocenters. The SMILES string of the molecule is C[Si](C)(C)C(=C=CCc1ccc(-c2ccccc2)cc1)c1ccccc1. The Morgan fingerprint density at radius 2 is 1.27 bits per heavy atom. The third-order valence-corrected chi connectivity index (χ3v) is 6.39. The molecule has 0 aliphatic heterocycles. The van der Waals surface area contributed by atoms with Crippen LogP contribution >= 0.6 is 0 Å². The highest BCUT2D eigenvalue weighted by atomic mass is 28.3. The first-order valence-corrected chi connectivity index (χ1v) is 12.7. The smallest absolute Gasteiger partial charge is 0.0883 e. The Morgan fingerprint density at radius 3 is 1.85 bits per heavy atom. The lowest BCUT2D eigenvalue weighted by molar-refractivity contribution is 1.27. The van der Waals surface area contributed by atoms with Crippen LogP contribution in [-0.4, -0.2) is 8.07 Å². The standard InChI is InChI=1S/C25H26Si/c1-26(2,3)25(24-14-8-5-9-15-24)16-10-11-21-17-19-23(20-18-21)22-12-6-4-7-13-22/h4-10,12-15,17-20H,11H2,1-3H3. The van der Waals surface area contributed by atoms with E-state index in [2.05, 4.69) is 116 Å². The van der Waals surface area contributed by atoms with Crippen LogP contribution in [0.5, 0.6) is 0 Å². The maximum atomic E-state index is 3.62. The summed E-state index contributed by atoms with van der Waals surface area (Å²) in [5.41, 5.74) is 8.78. The molecule has 0 amide bonds. The second-order valence-electron chi connectivity index (χ2n) is 7.61. The van der Waals surface area contributed by atoms with E-state index in [0.717, 1.165) is 6.42 Å². The molecule has 0 aliphatic rings. The molecule has 0 N–H and O–H groups in total. The van der Waals surface area contributed by atoms with Gasteiger partial charge in [-0.25, -0.2) is 0 Å².